The first-order chi connectivity index (χ1) is 5.31. The first kappa shape index (κ1) is 11.2. The van der Waals surface area contributed by atoms with Crippen molar-refractivity contribution < 1.29 is 9.47 Å². The predicted octanol–water partition coefficient (Wildman–Crippen LogP) is 2.22. The molecule has 0 heterocycles. The highest BCUT2D eigenvalue weighted by Gasteiger charge is 2.00. The van der Waals surface area contributed by atoms with Gasteiger partial charge < -0.3 is 9.47 Å². The molecule has 0 aliphatic carbocycles. The van der Waals surface area contributed by atoms with Crippen LogP contribution in [0.25, 0.3) is 0 Å². The van der Waals surface area contributed by atoms with E-state index in [-0.39, 0.29) is 0 Å². The molecule has 0 spiro atoms. The summed E-state index contributed by atoms with van der Waals surface area (Å²) in [5, 5.41) is 0. The average molecular weight is 180 g/mol. The van der Waals surface area contributed by atoms with Crippen LogP contribution in [0.1, 0.15) is 20.3 Å². The van der Waals surface area contributed by atoms with Gasteiger partial charge in [-0.15, -0.1) is 11.6 Å². The van der Waals surface area contributed by atoms with Gasteiger partial charge in [0.05, 0.1) is 12.7 Å². The molecule has 2 nitrogen and oxygen atoms in total. The van der Waals surface area contributed by atoms with Crippen molar-refractivity contribution in [2.45, 2.75) is 20.3 Å². The van der Waals surface area contributed by atoms with Crippen LogP contribution in [0, 0.1) is 6.10 Å². The Morgan fingerprint density at radius 3 is 2.64 bits per heavy atom. The van der Waals surface area contributed by atoms with E-state index in [1.165, 1.54) is 0 Å². The Bertz CT molecular complexity index is 78.5. The maximum Gasteiger partial charge on any atom is 0.0962 e. The Morgan fingerprint density at radius 2 is 2.09 bits per heavy atom. The van der Waals surface area contributed by atoms with Gasteiger partial charge in [0.2, 0.25) is 0 Å². The van der Waals surface area contributed by atoms with Gasteiger partial charge >= 0.3 is 0 Å². The van der Waals surface area contributed by atoms with Gasteiger partial charge in [0.1, 0.15) is 0 Å². The minimum Gasteiger partial charge on any atom is -0.380 e. The molecule has 0 rings (SSSR count). The van der Waals surface area contributed by atoms with Crippen molar-refractivity contribution in [3.8, 4) is 0 Å². The monoisotopic (exact) mass is 179 g/mol. The van der Waals surface area contributed by atoms with Crippen LogP contribution in [-0.4, -0.2) is 25.7 Å². The molecule has 0 aromatic carbocycles. The Labute approximate surface area is 73.8 Å². The maximum absolute atomic E-state index is 5.41. The highest BCUT2D eigenvalue weighted by molar-refractivity contribution is 6.17. The third-order valence-corrected chi connectivity index (χ3v) is 1.36. The SMILES string of the molecule is CCO[C](C)CCOCCCl. The van der Waals surface area contributed by atoms with Crippen LogP contribution in [0.2, 0.25) is 0 Å². The van der Waals surface area contributed by atoms with E-state index in [1.54, 1.807) is 0 Å². The molecule has 0 aromatic rings. The Hall–Kier alpha value is 0.210. The quantitative estimate of drug-likeness (QED) is 0.441. The lowest BCUT2D eigenvalue weighted by Crippen LogP contribution is -2.05. The summed E-state index contributed by atoms with van der Waals surface area (Å²) >= 11 is 5.41. The van der Waals surface area contributed by atoms with E-state index >= 15 is 0 Å². The molecule has 0 atom stereocenters. The van der Waals surface area contributed by atoms with Crippen molar-refractivity contribution in [2.24, 2.45) is 0 Å². The van der Waals surface area contributed by atoms with E-state index in [0.717, 1.165) is 19.1 Å². The second kappa shape index (κ2) is 8.31. The molecule has 0 fully saturated rings. The number of hydrogen-bond donors (Lipinski definition) is 0. The average Bonchev–Trinajstić information content (AvgIpc) is 1.99. The van der Waals surface area contributed by atoms with Gasteiger partial charge in [0, 0.05) is 25.5 Å². The highest BCUT2D eigenvalue weighted by Crippen LogP contribution is 2.05. The van der Waals surface area contributed by atoms with E-state index < -0.39 is 0 Å². The molecule has 0 aromatic heterocycles. The summed E-state index contributed by atoms with van der Waals surface area (Å²) in [4.78, 5) is 0. The Morgan fingerprint density at radius 1 is 1.36 bits per heavy atom. The number of alkyl halides is 1. The first-order valence-corrected chi connectivity index (χ1v) is 4.43. The number of halogens is 1. The minimum absolute atomic E-state index is 0.563. The normalized spacial score (nSPS) is 10.9. The lowest BCUT2D eigenvalue weighted by Gasteiger charge is -2.09. The fourth-order valence-corrected chi connectivity index (χ4v) is 0.800. The molecule has 0 bridgehead atoms. The zero-order valence-corrected chi connectivity index (χ0v) is 7.99. The van der Waals surface area contributed by atoms with E-state index in [4.69, 9.17) is 21.1 Å². The van der Waals surface area contributed by atoms with Crippen LogP contribution < -0.4 is 0 Å². The van der Waals surface area contributed by atoms with Crippen LogP contribution >= 0.6 is 11.6 Å². The molecule has 67 valence electrons. The van der Waals surface area contributed by atoms with Crippen molar-refractivity contribution in [2.75, 3.05) is 25.7 Å². The highest BCUT2D eigenvalue weighted by atomic mass is 35.5. The summed E-state index contributed by atoms with van der Waals surface area (Å²) < 4.78 is 10.4. The van der Waals surface area contributed by atoms with Gasteiger partial charge in [-0.05, 0) is 13.8 Å². The second-order valence-electron chi connectivity index (χ2n) is 2.19. The van der Waals surface area contributed by atoms with Gasteiger partial charge in [-0.25, -0.2) is 0 Å². The molecule has 3 heteroatoms. The van der Waals surface area contributed by atoms with Crippen LogP contribution in [-0.2, 0) is 9.47 Å². The van der Waals surface area contributed by atoms with Gasteiger partial charge in [-0.1, -0.05) is 0 Å². The largest absolute Gasteiger partial charge is 0.380 e. The summed E-state index contributed by atoms with van der Waals surface area (Å²) in [5.41, 5.74) is 0. The Balaban J connectivity index is 2.97. The summed E-state index contributed by atoms with van der Waals surface area (Å²) in [7, 11) is 0. The molecule has 0 aliphatic rings. The smallest absolute Gasteiger partial charge is 0.0962 e. The summed E-state index contributed by atoms with van der Waals surface area (Å²) in [5.74, 6) is 0.563. The first-order valence-electron chi connectivity index (χ1n) is 3.90. The van der Waals surface area contributed by atoms with E-state index in [9.17, 15) is 0 Å². The lowest BCUT2D eigenvalue weighted by molar-refractivity contribution is 0.101. The van der Waals surface area contributed by atoms with Gasteiger partial charge in [-0.2, -0.15) is 0 Å². The molecule has 11 heavy (non-hydrogen) atoms. The molecule has 0 saturated heterocycles. The van der Waals surface area contributed by atoms with Crippen LogP contribution in [0.5, 0.6) is 0 Å². The van der Waals surface area contributed by atoms with Crippen molar-refractivity contribution in [1.82, 2.24) is 0 Å². The fraction of sp³-hybridized carbons (Fsp3) is 0.875. The van der Waals surface area contributed by atoms with Gasteiger partial charge in [-0.3, -0.25) is 0 Å². The Kier molecular flexibility index (Phi) is 8.47. The van der Waals surface area contributed by atoms with Crippen molar-refractivity contribution in [3.63, 3.8) is 0 Å². The lowest BCUT2D eigenvalue weighted by atomic mass is 10.3. The molecule has 1 radical (unpaired) electrons. The van der Waals surface area contributed by atoms with Gasteiger partial charge in [0.25, 0.3) is 0 Å². The summed E-state index contributed by atoms with van der Waals surface area (Å²) in [6, 6.07) is 0. The van der Waals surface area contributed by atoms with Crippen molar-refractivity contribution in [3.05, 3.63) is 6.10 Å². The zero-order chi connectivity index (χ0) is 8.53. The summed E-state index contributed by atoms with van der Waals surface area (Å²) in [6.45, 7) is 6.01. The molecular weight excluding hydrogens is 164 g/mol. The molecule has 0 unspecified atom stereocenters. The topological polar surface area (TPSA) is 18.5 Å². The molecule has 0 aliphatic heterocycles. The number of ether oxygens (including phenoxy) is 2. The van der Waals surface area contributed by atoms with Crippen LogP contribution in [0.3, 0.4) is 0 Å². The zero-order valence-electron chi connectivity index (χ0n) is 7.23. The van der Waals surface area contributed by atoms with Crippen molar-refractivity contribution >= 4 is 11.6 Å². The molecule has 0 N–H and O–H groups in total. The van der Waals surface area contributed by atoms with E-state index in [2.05, 4.69) is 0 Å². The minimum atomic E-state index is 0.563. The molecule has 0 amide bonds. The fourth-order valence-electron chi connectivity index (χ4n) is 0.691. The predicted molar refractivity (Wildman–Crippen MR) is 46.7 cm³/mol. The van der Waals surface area contributed by atoms with Crippen molar-refractivity contribution in [1.29, 1.82) is 0 Å². The molecule has 0 saturated carbocycles. The number of hydrogen-bond acceptors (Lipinski definition) is 2. The summed E-state index contributed by atoms with van der Waals surface area (Å²) in [6.07, 6.45) is 1.90. The van der Waals surface area contributed by atoms with Crippen LogP contribution in [0.15, 0.2) is 0 Å². The number of rotatable bonds is 7. The standard InChI is InChI=1S/C8H16ClO2/c1-3-11-8(2)4-6-10-7-5-9/h3-7H2,1-2H3. The molecular formula is C8H16ClO2. The third-order valence-electron chi connectivity index (χ3n) is 1.21. The maximum atomic E-state index is 5.41. The van der Waals surface area contributed by atoms with Crippen LogP contribution in [0.4, 0.5) is 0 Å². The van der Waals surface area contributed by atoms with E-state index in [0.29, 0.717) is 19.1 Å². The van der Waals surface area contributed by atoms with E-state index in [1.807, 2.05) is 13.8 Å². The third kappa shape index (κ3) is 8.11. The second-order valence-corrected chi connectivity index (χ2v) is 2.56. The van der Waals surface area contributed by atoms with Gasteiger partial charge in [0.15, 0.2) is 0 Å².